The number of hydrogen-bond donors (Lipinski definition) is 3. The van der Waals surface area contributed by atoms with E-state index in [4.69, 9.17) is 23.7 Å². The smallest absolute Gasteiger partial charge is 0.338 e. The zero-order valence-corrected chi connectivity index (χ0v) is 20.0. The molecule has 2 aromatic rings. The molecule has 34 heavy (non-hydrogen) atoms. The topological polar surface area (TPSA) is 116 Å². The molecule has 0 spiro atoms. The molecule has 1 heterocycles. The molecule has 184 valence electrons. The Morgan fingerprint density at radius 1 is 0.971 bits per heavy atom. The van der Waals surface area contributed by atoms with E-state index in [0.29, 0.717) is 48.3 Å². The Morgan fingerprint density at radius 3 is 2.38 bits per heavy atom. The van der Waals surface area contributed by atoms with Crippen LogP contribution in [-0.2, 0) is 9.53 Å². The summed E-state index contributed by atoms with van der Waals surface area (Å²) < 4.78 is 27.0. The third-order valence-electron chi connectivity index (χ3n) is 5.36. The molecular weight excluding hydrogens is 442 g/mol. The van der Waals surface area contributed by atoms with Crippen molar-refractivity contribution in [1.29, 1.82) is 0 Å². The molecule has 0 aromatic heterocycles. The van der Waals surface area contributed by atoms with Crippen molar-refractivity contribution in [1.82, 2.24) is 10.9 Å². The number of ether oxygens (including phenoxy) is 5. The van der Waals surface area contributed by atoms with E-state index in [9.17, 15) is 9.59 Å². The van der Waals surface area contributed by atoms with Crippen LogP contribution in [0.15, 0.2) is 30.3 Å². The highest BCUT2D eigenvalue weighted by atomic mass is 16.5. The Kier molecular flexibility index (Phi) is 8.55. The quantitative estimate of drug-likeness (QED) is 0.448. The SMILES string of the molecule is CCOc1cc(C(=O)OC)cc(NC(=O)C2CC(c3ccc(OC)cc3OC)NN2)c1OCC. The van der Waals surface area contributed by atoms with Gasteiger partial charge in [-0.1, -0.05) is 6.07 Å². The summed E-state index contributed by atoms with van der Waals surface area (Å²) in [5, 5.41) is 2.87. The molecule has 2 atom stereocenters. The minimum Gasteiger partial charge on any atom is -0.497 e. The summed E-state index contributed by atoms with van der Waals surface area (Å²) in [6.07, 6.45) is 0.466. The monoisotopic (exact) mass is 473 g/mol. The van der Waals surface area contributed by atoms with E-state index in [1.807, 2.05) is 26.0 Å². The Bertz CT molecular complexity index is 1030. The summed E-state index contributed by atoms with van der Waals surface area (Å²) in [7, 11) is 4.47. The van der Waals surface area contributed by atoms with Crippen LogP contribution < -0.4 is 35.1 Å². The number of carbonyl (C=O) groups excluding carboxylic acids is 2. The normalized spacial score (nSPS) is 17.1. The molecule has 10 nitrogen and oxygen atoms in total. The van der Waals surface area contributed by atoms with Crippen molar-refractivity contribution in [3.63, 3.8) is 0 Å². The van der Waals surface area contributed by atoms with Crippen LogP contribution in [0.4, 0.5) is 5.69 Å². The number of esters is 1. The Balaban J connectivity index is 1.82. The van der Waals surface area contributed by atoms with Gasteiger partial charge in [-0.25, -0.2) is 15.6 Å². The number of amides is 1. The molecule has 0 aliphatic carbocycles. The van der Waals surface area contributed by atoms with Gasteiger partial charge in [0.05, 0.1) is 51.8 Å². The fourth-order valence-electron chi connectivity index (χ4n) is 3.74. The summed E-state index contributed by atoms with van der Waals surface area (Å²) in [5.41, 5.74) is 7.64. The van der Waals surface area contributed by atoms with Crippen molar-refractivity contribution in [3.8, 4) is 23.0 Å². The van der Waals surface area contributed by atoms with Gasteiger partial charge in [0, 0.05) is 11.6 Å². The van der Waals surface area contributed by atoms with Crippen LogP contribution in [0.3, 0.4) is 0 Å². The maximum Gasteiger partial charge on any atom is 0.338 e. The summed E-state index contributed by atoms with van der Waals surface area (Å²) in [5.74, 6) is 1.19. The Labute approximate surface area is 198 Å². The summed E-state index contributed by atoms with van der Waals surface area (Å²) in [6, 6.07) is 7.88. The van der Waals surface area contributed by atoms with Crippen LogP contribution in [-0.4, -0.2) is 52.5 Å². The molecule has 1 aliphatic heterocycles. The van der Waals surface area contributed by atoms with Gasteiger partial charge in [0.15, 0.2) is 11.5 Å². The number of rotatable bonds is 10. The van der Waals surface area contributed by atoms with Crippen molar-refractivity contribution in [2.75, 3.05) is 39.9 Å². The molecule has 10 heteroatoms. The first-order valence-electron chi connectivity index (χ1n) is 11.0. The average Bonchev–Trinajstić information content (AvgIpc) is 3.35. The van der Waals surface area contributed by atoms with Crippen molar-refractivity contribution < 1.29 is 33.3 Å². The molecule has 0 radical (unpaired) electrons. The van der Waals surface area contributed by atoms with Gasteiger partial charge in [0.1, 0.15) is 17.5 Å². The fraction of sp³-hybridized carbons (Fsp3) is 0.417. The van der Waals surface area contributed by atoms with Crippen LogP contribution in [0.5, 0.6) is 23.0 Å². The third kappa shape index (κ3) is 5.52. The molecule has 1 fully saturated rings. The highest BCUT2D eigenvalue weighted by Crippen LogP contribution is 2.38. The van der Waals surface area contributed by atoms with Gasteiger partial charge in [-0.15, -0.1) is 0 Å². The van der Waals surface area contributed by atoms with E-state index in [-0.39, 0.29) is 17.5 Å². The highest BCUT2D eigenvalue weighted by Gasteiger charge is 2.32. The zero-order chi connectivity index (χ0) is 24.7. The molecule has 0 saturated carbocycles. The lowest BCUT2D eigenvalue weighted by molar-refractivity contribution is -0.117. The van der Waals surface area contributed by atoms with Crippen molar-refractivity contribution >= 4 is 17.6 Å². The summed E-state index contributed by atoms with van der Waals surface area (Å²) in [6.45, 7) is 4.35. The van der Waals surface area contributed by atoms with E-state index in [1.165, 1.54) is 19.2 Å². The van der Waals surface area contributed by atoms with E-state index in [1.54, 1.807) is 20.3 Å². The molecule has 2 unspecified atom stereocenters. The second kappa shape index (κ2) is 11.6. The molecule has 1 aliphatic rings. The molecule has 3 rings (SSSR count). The number of carbonyl (C=O) groups is 2. The minimum absolute atomic E-state index is 0.164. The lowest BCUT2D eigenvalue weighted by Gasteiger charge is -2.18. The number of hydrazine groups is 1. The first-order valence-corrected chi connectivity index (χ1v) is 11.0. The Morgan fingerprint density at radius 2 is 1.74 bits per heavy atom. The van der Waals surface area contributed by atoms with Crippen molar-refractivity contribution in [2.45, 2.75) is 32.4 Å². The second-order valence-electron chi connectivity index (χ2n) is 7.44. The standard InChI is InChI=1S/C24H31N3O7/c1-6-33-21-11-14(24(29)32-5)10-18(22(21)34-7-2)25-23(28)19-13-17(26-27-19)16-9-8-15(30-3)12-20(16)31-4/h8-12,17,19,26-27H,6-7,13H2,1-5H3,(H,25,28). The number of hydrogen-bond acceptors (Lipinski definition) is 9. The molecular formula is C24H31N3O7. The van der Waals surface area contributed by atoms with Gasteiger partial charge in [0.2, 0.25) is 5.91 Å². The molecule has 1 amide bonds. The lowest BCUT2D eigenvalue weighted by Crippen LogP contribution is -2.39. The first-order chi connectivity index (χ1) is 16.4. The number of benzene rings is 2. The molecule has 2 aromatic carbocycles. The average molecular weight is 474 g/mol. The largest absolute Gasteiger partial charge is 0.497 e. The van der Waals surface area contributed by atoms with Gasteiger partial charge in [-0.2, -0.15) is 0 Å². The predicted octanol–water partition coefficient (Wildman–Crippen LogP) is 2.83. The van der Waals surface area contributed by atoms with Gasteiger partial charge in [-0.3, -0.25) is 4.79 Å². The molecule has 0 bridgehead atoms. The lowest BCUT2D eigenvalue weighted by atomic mass is 10.0. The number of nitrogens with one attached hydrogen (secondary N) is 3. The Hall–Kier alpha value is -3.50. The maximum absolute atomic E-state index is 13.1. The third-order valence-corrected chi connectivity index (χ3v) is 5.36. The minimum atomic E-state index is -0.552. The summed E-state index contributed by atoms with van der Waals surface area (Å²) >= 11 is 0. The zero-order valence-electron chi connectivity index (χ0n) is 20.0. The highest BCUT2D eigenvalue weighted by molar-refractivity contribution is 5.99. The number of methoxy groups -OCH3 is 3. The second-order valence-corrected chi connectivity index (χ2v) is 7.44. The van der Waals surface area contributed by atoms with Crippen molar-refractivity contribution in [2.24, 2.45) is 0 Å². The van der Waals surface area contributed by atoms with E-state index in [2.05, 4.69) is 16.2 Å². The first kappa shape index (κ1) is 25.1. The van der Waals surface area contributed by atoms with Crippen LogP contribution in [0.25, 0.3) is 0 Å². The molecule has 3 N–H and O–H groups in total. The predicted molar refractivity (Wildman–Crippen MR) is 126 cm³/mol. The van der Waals surface area contributed by atoms with Crippen LogP contribution in [0.1, 0.15) is 42.2 Å². The summed E-state index contributed by atoms with van der Waals surface area (Å²) in [4.78, 5) is 25.3. The van der Waals surface area contributed by atoms with Crippen molar-refractivity contribution in [3.05, 3.63) is 41.5 Å². The number of anilines is 1. The van der Waals surface area contributed by atoms with Crippen LogP contribution >= 0.6 is 0 Å². The van der Waals surface area contributed by atoms with E-state index in [0.717, 1.165) is 5.56 Å². The van der Waals surface area contributed by atoms with Crippen LogP contribution in [0, 0.1) is 0 Å². The maximum atomic E-state index is 13.1. The van der Waals surface area contributed by atoms with Gasteiger partial charge in [0.25, 0.3) is 0 Å². The fourth-order valence-corrected chi connectivity index (χ4v) is 3.74. The van der Waals surface area contributed by atoms with Gasteiger partial charge in [-0.05, 0) is 38.5 Å². The van der Waals surface area contributed by atoms with Crippen LogP contribution in [0.2, 0.25) is 0 Å². The van der Waals surface area contributed by atoms with E-state index >= 15 is 0 Å². The molecule has 1 saturated heterocycles. The van der Waals surface area contributed by atoms with E-state index < -0.39 is 12.0 Å². The van der Waals surface area contributed by atoms with Gasteiger partial charge < -0.3 is 29.0 Å². The van der Waals surface area contributed by atoms with Gasteiger partial charge >= 0.3 is 5.97 Å².